The van der Waals surface area contributed by atoms with Gasteiger partial charge in [0.25, 0.3) is 0 Å². The van der Waals surface area contributed by atoms with Gasteiger partial charge < -0.3 is 10.2 Å². The molecular weight excluding hydrogens is 271 g/mol. The number of anilines is 1. The molecule has 3 rings (SSSR count). The third kappa shape index (κ3) is 1.82. The number of oxazole rings is 1. The fraction of sp³-hybridized carbons (Fsp3) is 0. The lowest BCUT2D eigenvalue weighted by Crippen LogP contribution is -1.86. The van der Waals surface area contributed by atoms with Crippen LogP contribution in [-0.4, -0.2) is 4.98 Å². The largest absolute Gasteiger partial charge is 0.436 e. The third-order valence-electron chi connectivity index (χ3n) is 2.59. The van der Waals surface area contributed by atoms with Crippen LogP contribution in [0.4, 0.5) is 5.69 Å². The second-order valence-corrected chi connectivity index (χ2v) is 4.66. The summed E-state index contributed by atoms with van der Waals surface area (Å²) in [4.78, 5) is 4.35. The van der Waals surface area contributed by atoms with Crippen LogP contribution >= 0.6 is 23.2 Å². The molecule has 0 fully saturated rings. The number of fused-ring (bicyclic) bond motifs is 1. The lowest BCUT2D eigenvalue weighted by Gasteiger charge is -2.00. The first-order valence-electron chi connectivity index (χ1n) is 5.25. The van der Waals surface area contributed by atoms with Crippen LogP contribution in [0.5, 0.6) is 0 Å². The molecule has 1 heterocycles. The number of nitrogen functional groups attached to an aromatic ring is 1. The van der Waals surface area contributed by atoms with Gasteiger partial charge in [0.1, 0.15) is 5.52 Å². The third-order valence-corrected chi connectivity index (χ3v) is 3.23. The summed E-state index contributed by atoms with van der Waals surface area (Å²) in [5.41, 5.74) is 8.23. The fourth-order valence-electron chi connectivity index (χ4n) is 1.74. The highest BCUT2D eigenvalue weighted by Crippen LogP contribution is 2.33. The monoisotopic (exact) mass is 278 g/mol. The minimum atomic E-state index is 0.412. The first kappa shape index (κ1) is 11.4. The van der Waals surface area contributed by atoms with Crippen molar-refractivity contribution in [1.29, 1.82) is 0 Å². The van der Waals surface area contributed by atoms with E-state index < -0.39 is 0 Å². The number of nitrogens with zero attached hydrogens (tertiary/aromatic N) is 1. The zero-order valence-electron chi connectivity index (χ0n) is 9.15. The normalized spacial score (nSPS) is 11.0. The molecule has 0 aliphatic carbocycles. The summed E-state index contributed by atoms with van der Waals surface area (Å²) < 4.78 is 5.64. The van der Waals surface area contributed by atoms with E-state index in [1.165, 1.54) is 0 Å². The van der Waals surface area contributed by atoms with Crippen LogP contribution in [0.3, 0.4) is 0 Å². The molecule has 0 amide bonds. The minimum absolute atomic E-state index is 0.412. The van der Waals surface area contributed by atoms with Crippen molar-refractivity contribution in [2.75, 3.05) is 5.73 Å². The summed E-state index contributed by atoms with van der Waals surface area (Å²) in [7, 11) is 0. The molecule has 0 radical (unpaired) electrons. The van der Waals surface area contributed by atoms with Gasteiger partial charge in [0.2, 0.25) is 5.89 Å². The van der Waals surface area contributed by atoms with Gasteiger partial charge in [0.05, 0.1) is 15.6 Å². The molecule has 2 N–H and O–H groups in total. The Kier molecular flexibility index (Phi) is 2.65. The molecule has 0 aliphatic rings. The molecule has 5 heteroatoms. The van der Waals surface area contributed by atoms with Crippen LogP contribution in [0.1, 0.15) is 0 Å². The number of halogens is 2. The highest BCUT2D eigenvalue weighted by atomic mass is 35.5. The van der Waals surface area contributed by atoms with Crippen molar-refractivity contribution in [2.24, 2.45) is 0 Å². The van der Waals surface area contributed by atoms with Crippen molar-refractivity contribution >= 4 is 40.0 Å². The Morgan fingerprint density at radius 1 is 1.06 bits per heavy atom. The molecule has 0 spiro atoms. The quantitative estimate of drug-likeness (QED) is 0.672. The summed E-state index contributed by atoms with van der Waals surface area (Å²) in [6.07, 6.45) is 0. The summed E-state index contributed by atoms with van der Waals surface area (Å²) in [5, 5.41) is 1.08. The Morgan fingerprint density at radius 2 is 1.89 bits per heavy atom. The van der Waals surface area contributed by atoms with Crippen LogP contribution in [0.15, 0.2) is 40.8 Å². The van der Waals surface area contributed by atoms with Crippen molar-refractivity contribution < 1.29 is 4.42 Å². The molecule has 0 aliphatic heterocycles. The van der Waals surface area contributed by atoms with Crippen molar-refractivity contribution in [3.63, 3.8) is 0 Å². The molecule has 0 saturated carbocycles. The maximum Gasteiger partial charge on any atom is 0.228 e. The summed E-state index contributed by atoms with van der Waals surface area (Å²) in [5.74, 6) is 0.412. The maximum absolute atomic E-state index is 6.11. The van der Waals surface area contributed by atoms with E-state index in [1.807, 2.05) is 0 Å². The summed E-state index contributed by atoms with van der Waals surface area (Å²) in [6, 6.07) is 10.5. The second-order valence-electron chi connectivity index (χ2n) is 3.84. The number of hydrogen-bond acceptors (Lipinski definition) is 3. The van der Waals surface area contributed by atoms with E-state index >= 15 is 0 Å². The number of nitrogens with two attached hydrogens (primary N) is 1. The fourth-order valence-corrected chi connectivity index (χ4v) is 2.14. The molecular formula is C13H8Cl2N2O. The Bertz CT molecular complexity index is 737. The highest BCUT2D eigenvalue weighted by Gasteiger charge is 2.13. The molecule has 3 aromatic rings. The van der Waals surface area contributed by atoms with E-state index in [1.54, 1.807) is 36.4 Å². The van der Waals surface area contributed by atoms with Gasteiger partial charge in [0.15, 0.2) is 5.58 Å². The lowest BCUT2D eigenvalue weighted by atomic mass is 10.2. The van der Waals surface area contributed by atoms with E-state index in [0.717, 1.165) is 0 Å². The topological polar surface area (TPSA) is 52.0 Å². The van der Waals surface area contributed by atoms with Gasteiger partial charge in [-0.3, -0.25) is 0 Å². The van der Waals surface area contributed by atoms with Gasteiger partial charge in [-0.1, -0.05) is 29.3 Å². The minimum Gasteiger partial charge on any atom is -0.436 e. The van der Waals surface area contributed by atoms with Gasteiger partial charge >= 0.3 is 0 Å². The molecule has 1 aromatic heterocycles. The van der Waals surface area contributed by atoms with Crippen LogP contribution in [-0.2, 0) is 0 Å². The first-order chi connectivity index (χ1) is 8.65. The zero-order valence-corrected chi connectivity index (χ0v) is 10.7. The van der Waals surface area contributed by atoms with Crippen molar-refractivity contribution in [1.82, 2.24) is 4.98 Å². The van der Waals surface area contributed by atoms with E-state index in [2.05, 4.69) is 4.98 Å². The highest BCUT2D eigenvalue weighted by molar-refractivity contribution is 6.35. The van der Waals surface area contributed by atoms with Crippen LogP contribution in [0, 0.1) is 0 Å². The number of rotatable bonds is 1. The predicted molar refractivity (Wildman–Crippen MR) is 73.9 cm³/mol. The standard InChI is InChI=1S/C13H8Cl2N2O/c14-9-5-4-7(16)6-8(9)13-17-12-10(15)2-1-3-11(12)18-13/h1-6H,16H2. The Balaban J connectivity index is 2.26. The van der Waals surface area contributed by atoms with Gasteiger partial charge in [-0.2, -0.15) is 0 Å². The van der Waals surface area contributed by atoms with E-state index in [9.17, 15) is 0 Å². The number of hydrogen-bond donors (Lipinski definition) is 1. The second kappa shape index (κ2) is 4.19. The van der Waals surface area contributed by atoms with Crippen molar-refractivity contribution in [2.45, 2.75) is 0 Å². The Morgan fingerprint density at radius 3 is 2.67 bits per heavy atom. The van der Waals surface area contributed by atoms with Crippen LogP contribution in [0.25, 0.3) is 22.6 Å². The summed E-state index contributed by atoms with van der Waals surface area (Å²) in [6.45, 7) is 0. The summed E-state index contributed by atoms with van der Waals surface area (Å²) >= 11 is 12.2. The first-order valence-corrected chi connectivity index (χ1v) is 6.01. The van der Waals surface area contributed by atoms with E-state index in [0.29, 0.717) is 38.3 Å². The number of aromatic nitrogens is 1. The van der Waals surface area contributed by atoms with E-state index in [4.69, 9.17) is 33.4 Å². The lowest BCUT2D eigenvalue weighted by molar-refractivity contribution is 0.620. The maximum atomic E-state index is 6.11. The van der Waals surface area contributed by atoms with Crippen LogP contribution < -0.4 is 5.73 Å². The number of para-hydroxylation sites is 1. The van der Waals surface area contributed by atoms with E-state index in [-0.39, 0.29) is 0 Å². The molecule has 0 unspecified atom stereocenters. The van der Waals surface area contributed by atoms with Gasteiger partial charge in [-0.05, 0) is 30.3 Å². The predicted octanol–water partition coefficient (Wildman–Crippen LogP) is 4.38. The average Bonchev–Trinajstić information content (AvgIpc) is 2.77. The van der Waals surface area contributed by atoms with Crippen LogP contribution in [0.2, 0.25) is 10.0 Å². The smallest absolute Gasteiger partial charge is 0.228 e. The molecule has 2 aromatic carbocycles. The van der Waals surface area contributed by atoms with Crippen molar-refractivity contribution in [3.05, 3.63) is 46.4 Å². The number of benzene rings is 2. The average molecular weight is 279 g/mol. The van der Waals surface area contributed by atoms with Gasteiger partial charge in [0, 0.05) is 5.69 Å². The molecule has 0 bridgehead atoms. The molecule has 0 atom stereocenters. The SMILES string of the molecule is Nc1ccc(Cl)c(-c2nc3c(Cl)cccc3o2)c1. The van der Waals surface area contributed by atoms with Gasteiger partial charge in [-0.15, -0.1) is 0 Å². The van der Waals surface area contributed by atoms with Gasteiger partial charge in [-0.25, -0.2) is 4.98 Å². The molecule has 0 saturated heterocycles. The molecule has 18 heavy (non-hydrogen) atoms. The Hall–Kier alpha value is -1.71. The zero-order chi connectivity index (χ0) is 12.7. The molecule has 3 nitrogen and oxygen atoms in total. The van der Waals surface area contributed by atoms with Crippen molar-refractivity contribution in [3.8, 4) is 11.5 Å². The Labute approximate surface area is 113 Å². The molecule has 90 valence electrons.